The Bertz CT molecular complexity index is 1040. The van der Waals surface area contributed by atoms with Gasteiger partial charge in [-0.1, -0.05) is 6.07 Å². The first-order chi connectivity index (χ1) is 14.3. The van der Waals surface area contributed by atoms with Crippen LogP contribution in [0.25, 0.3) is 11.3 Å². The Morgan fingerprint density at radius 3 is 2.20 bits per heavy atom. The monoisotopic (exact) mass is 409 g/mol. The van der Waals surface area contributed by atoms with Crippen LogP contribution in [0.4, 0.5) is 4.39 Å². The molecule has 2 aromatic carbocycles. The van der Waals surface area contributed by atoms with Crippen molar-refractivity contribution >= 4 is 11.8 Å². The van der Waals surface area contributed by atoms with Crippen LogP contribution in [0.3, 0.4) is 0 Å². The van der Waals surface area contributed by atoms with Gasteiger partial charge in [0.25, 0.3) is 5.91 Å². The van der Waals surface area contributed by atoms with Crippen molar-refractivity contribution in [1.29, 1.82) is 0 Å². The molecule has 1 aromatic heterocycles. The maximum absolute atomic E-state index is 13.0. The summed E-state index contributed by atoms with van der Waals surface area (Å²) in [5, 5.41) is 12.0. The molecule has 0 aliphatic rings. The smallest absolute Gasteiger partial charge is 0.270 e. The van der Waals surface area contributed by atoms with Gasteiger partial charge in [0.2, 0.25) is 5.91 Å². The molecular formula is C22H20FN3O4. The van der Waals surface area contributed by atoms with Crippen molar-refractivity contribution in [3.8, 4) is 22.8 Å². The number of aliphatic hydroxyl groups is 1. The van der Waals surface area contributed by atoms with Crippen LogP contribution in [0.5, 0.6) is 11.5 Å². The molecule has 0 fully saturated rings. The topological polar surface area (TPSA) is 115 Å². The summed E-state index contributed by atoms with van der Waals surface area (Å²) < 4.78 is 18.6. The summed E-state index contributed by atoms with van der Waals surface area (Å²) in [7, 11) is 0. The molecule has 154 valence electrons. The number of halogens is 1. The van der Waals surface area contributed by atoms with Crippen LogP contribution in [-0.4, -0.2) is 34.1 Å². The molecule has 0 spiro atoms. The van der Waals surface area contributed by atoms with E-state index in [1.165, 1.54) is 37.3 Å². The van der Waals surface area contributed by atoms with Crippen LogP contribution in [-0.2, 0) is 4.79 Å². The summed E-state index contributed by atoms with van der Waals surface area (Å²) >= 11 is 0. The van der Waals surface area contributed by atoms with E-state index in [2.05, 4.69) is 10.3 Å². The van der Waals surface area contributed by atoms with Gasteiger partial charge in [0, 0.05) is 5.56 Å². The Balaban J connectivity index is 1.74. The van der Waals surface area contributed by atoms with E-state index in [4.69, 9.17) is 10.5 Å². The second kappa shape index (κ2) is 9.15. The zero-order valence-electron chi connectivity index (χ0n) is 16.1. The number of nitrogens with zero attached hydrogens (tertiary/aromatic N) is 1. The highest BCUT2D eigenvalue weighted by Gasteiger charge is 2.24. The van der Waals surface area contributed by atoms with Crippen molar-refractivity contribution in [3.63, 3.8) is 0 Å². The average molecular weight is 409 g/mol. The first-order valence-electron chi connectivity index (χ1n) is 9.12. The fraction of sp³-hybridized carbons (Fsp3) is 0.136. The van der Waals surface area contributed by atoms with Crippen LogP contribution in [0.2, 0.25) is 0 Å². The number of nitrogens with one attached hydrogen (secondary N) is 1. The number of primary amides is 1. The molecule has 0 bridgehead atoms. The Kier molecular flexibility index (Phi) is 6.38. The molecule has 8 heteroatoms. The Hall–Kier alpha value is -3.78. The molecule has 3 rings (SSSR count). The zero-order chi connectivity index (χ0) is 21.7. The number of carbonyl (C=O) groups excluding carboxylic acids is 2. The van der Waals surface area contributed by atoms with Gasteiger partial charge in [0.05, 0.1) is 11.8 Å². The Morgan fingerprint density at radius 2 is 1.63 bits per heavy atom. The first-order valence-corrected chi connectivity index (χ1v) is 9.12. The van der Waals surface area contributed by atoms with Crippen LogP contribution in [0.15, 0.2) is 66.7 Å². The molecule has 0 saturated heterocycles. The lowest BCUT2D eigenvalue weighted by Gasteiger charge is -2.17. The van der Waals surface area contributed by atoms with Crippen molar-refractivity contribution in [1.82, 2.24) is 10.3 Å². The predicted molar refractivity (Wildman–Crippen MR) is 108 cm³/mol. The van der Waals surface area contributed by atoms with E-state index < -0.39 is 24.0 Å². The third-order valence-electron chi connectivity index (χ3n) is 4.26. The van der Waals surface area contributed by atoms with Gasteiger partial charge in [0.1, 0.15) is 29.1 Å². The third-order valence-corrected chi connectivity index (χ3v) is 4.26. The van der Waals surface area contributed by atoms with E-state index in [9.17, 15) is 19.1 Å². The lowest BCUT2D eigenvalue weighted by molar-refractivity contribution is -0.122. The average Bonchev–Trinajstić information content (AvgIpc) is 2.73. The van der Waals surface area contributed by atoms with Gasteiger partial charge in [-0.15, -0.1) is 0 Å². The summed E-state index contributed by atoms with van der Waals surface area (Å²) in [6, 6.07) is 16.3. The molecule has 1 heterocycles. The Morgan fingerprint density at radius 1 is 1.03 bits per heavy atom. The van der Waals surface area contributed by atoms with E-state index in [0.717, 1.165) is 5.56 Å². The van der Waals surface area contributed by atoms with Crippen LogP contribution in [0, 0.1) is 5.82 Å². The van der Waals surface area contributed by atoms with Gasteiger partial charge in [-0.05, 0) is 67.6 Å². The van der Waals surface area contributed by atoms with Crippen LogP contribution in [0.1, 0.15) is 17.4 Å². The lowest BCUT2D eigenvalue weighted by Crippen LogP contribution is -2.50. The minimum atomic E-state index is -1.22. The largest absolute Gasteiger partial charge is 0.457 e. The molecule has 2 amide bonds. The van der Waals surface area contributed by atoms with Crippen molar-refractivity contribution in [2.75, 3.05) is 0 Å². The van der Waals surface area contributed by atoms with Crippen LogP contribution >= 0.6 is 0 Å². The predicted octanol–water partition coefficient (Wildman–Crippen LogP) is 2.64. The number of hydrogen-bond donors (Lipinski definition) is 3. The molecule has 2 atom stereocenters. The molecule has 7 nitrogen and oxygen atoms in total. The van der Waals surface area contributed by atoms with E-state index in [-0.39, 0.29) is 11.5 Å². The minimum Gasteiger partial charge on any atom is -0.457 e. The third kappa shape index (κ3) is 5.18. The number of aromatic nitrogens is 1. The number of amides is 2. The summed E-state index contributed by atoms with van der Waals surface area (Å²) in [5.41, 5.74) is 6.54. The molecule has 0 aliphatic carbocycles. The van der Waals surface area contributed by atoms with Crippen molar-refractivity contribution in [3.05, 3.63) is 78.2 Å². The molecule has 4 N–H and O–H groups in total. The normalized spacial score (nSPS) is 12.6. The quantitative estimate of drug-likeness (QED) is 0.555. The lowest BCUT2D eigenvalue weighted by atomic mass is 10.1. The summed E-state index contributed by atoms with van der Waals surface area (Å²) in [6.45, 7) is 1.36. The zero-order valence-corrected chi connectivity index (χ0v) is 16.1. The van der Waals surface area contributed by atoms with Gasteiger partial charge in [-0.3, -0.25) is 9.59 Å². The van der Waals surface area contributed by atoms with E-state index in [1.54, 1.807) is 36.4 Å². The van der Waals surface area contributed by atoms with E-state index in [1.807, 2.05) is 0 Å². The van der Waals surface area contributed by atoms with Crippen molar-refractivity contribution in [2.45, 2.75) is 19.1 Å². The highest BCUT2D eigenvalue weighted by atomic mass is 19.1. The maximum atomic E-state index is 13.0. The number of ether oxygens (including phenoxy) is 1. The number of carbonyl (C=O) groups is 2. The van der Waals surface area contributed by atoms with Crippen LogP contribution < -0.4 is 15.8 Å². The number of pyridine rings is 1. The highest BCUT2D eigenvalue weighted by molar-refractivity contribution is 5.96. The van der Waals surface area contributed by atoms with Gasteiger partial charge in [0.15, 0.2) is 0 Å². The minimum absolute atomic E-state index is 0.0750. The summed E-state index contributed by atoms with van der Waals surface area (Å²) in [4.78, 5) is 28.1. The second-order valence-corrected chi connectivity index (χ2v) is 6.58. The van der Waals surface area contributed by atoms with E-state index >= 15 is 0 Å². The van der Waals surface area contributed by atoms with Crippen molar-refractivity contribution < 1.29 is 23.8 Å². The van der Waals surface area contributed by atoms with Gasteiger partial charge in [-0.25, -0.2) is 9.37 Å². The Labute approximate surface area is 172 Å². The van der Waals surface area contributed by atoms with Gasteiger partial charge >= 0.3 is 0 Å². The molecule has 0 saturated carbocycles. The standard InChI is InChI=1S/C22H20FN3O4/c1-13(27)20(21(24)28)26-22(29)19-4-2-3-18(25-19)14-5-9-16(10-6-14)30-17-11-7-15(23)8-12-17/h2-13,20,27H,1H3,(H2,24,28)(H,26,29)/t13?,20-/m0/s1. The highest BCUT2D eigenvalue weighted by Crippen LogP contribution is 2.25. The summed E-state index contributed by atoms with van der Waals surface area (Å²) in [5.74, 6) is -0.754. The van der Waals surface area contributed by atoms with Crippen molar-refractivity contribution in [2.24, 2.45) is 5.73 Å². The SMILES string of the molecule is CC(O)[C@H](NC(=O)c1cccc(-c2ccc(Oc3ccc(F)cc3)cc2)n1)C(N)=O. The first kappa shape index (κ1) is 20.9. The fourth-order valence-corrected chi connectivity index (χ4v) is 2.70. The van der Waals surface area contributed by atoms with Gasteiger partial charge < -0.3 is 20.9 Å². The number of nitrogens with two attached hydrogens (primary N) is 1. The second-order valence-electron chi connectivity index (χ2n) is 6.58. The number of rotatable bonds is 7. The maximum Gasteiger partial charge on any atom is 0.270 e. The summed E-state index contributed by atoms with van der Waals surface area (Å²) in [6.07, 6.45) is -1.14. The molecule has 30 heavy (non-hydrogen) atoms. The fourth-order valence-electron chi connectivity index (χ4n) is 2.70. The molecule has 0 aliphatic heterocycles. The number of aliphatic hydroxyl groups excluding tert-OH is 1. The molecule has 1 unspecified atom stereocenters. The van der Waals surface area contributed by atoms with E-state index in [0.29, 0.717) is 17.2 Å². The number of hydrogen-bond acceptors (Lipinski definition) is 5. The molecular weight excluding hydrogens is 389 g/mol. The molecule has 3 aromatic rings. The van der Waals surface area contributed by atoms with Gasteiger partial charge in [-0.2, -0.15) is 0 Å². The number of benzene rings is 2. The molecule has 0 radical (unpaired) electrons.